The number of aromatic nitrogens is 1. The molecule has 2 aliphatic rings. The number of fused-ring (bicyclic) bond motifs is 4. The molecule has 1 aliphatic heterocycles. The predicted octanol–water partition coefficient (Wildman–Crippen LogP) is 6.12. The van der Waals surface area contributed by atoms with E-state index in [-0.39, 0.29) is 0 Å². The van der Waals surface area contributed by atoms with Crippen molar-refractivity contribution in [3.63, 3.8) is 0 Å². The van der Waals surface area contributed by atoms with Crippen molar-refractivity contribution < 1.29 is 9.50 Å². The Kier molecular flexibility index (Phi) is 7.31. The monoisotopic (exact) mass is 487 g/mol. The lowest BCUT2D eigenvalue weighted by Gasteiger charge is -2.12. The second-order valence-corrected chi connectivity index (χ2v) is 9.06. The molecule has 0 aromatic heterocycles. The number of hydrogen-bond acceptors (Lipinski definition) is 6. The van der Waals surface area contributed by atoms with Gasteiger partial charge in [0.15, 0.2) is 11.3 Å². The minimum atomic E-state index is -1.75. The maximum Gasteiger partial charge on any atom is 0.203 e. The fourth-order valence-corrected chi connectivity index (χ4v) is 4.99. The third-order valence-corrected chi connectivity index (χ3v) is 6.78. The second-order valence-electron chi connectivity index (χ2n) is 7.94. The summed E-state index contributed by atoms with van der Waals surface area (Å²) in [7, 11) is 0. The van der Waals surface area contributed by atoms with Gasteiger partial charge in [0, 0.05) is 21.2 Å². The summed E-state index contributed by atoms with van der Waals surface area (Å²) >= 11 is 1.77. The Balaban J connectivity index is 0.000000672. The van der Waals surface area contributed by atoms with Gasteiger partial charge in [0.25, 0.3) is 0 Å². The van der Waals surface area contributed by atoms with Crippen LogP contribution in [0.1, 0.15) is 19.4 Å². The summed E-state index contributed by atoms with van der Waals surface area (Å²) in [5.74, 6) is 0.818. The topological polar surface area (TPSA) is 95.2 Å². The Hall–Kier alpha value is -3.91. The maximum absolute atomic E-state index is 8.25. The molecule has 0 bridgehead atoms. The molecular weight excluding hydrogens is 462 g/mol. The third-order valence-electron chi connectivity index (χ3n) is 5.72. The van der Waals surface area contributed by atoms with Crippen molar-refractivity contribution in [3.05, 3.63) is 99.0 Å². The fourth-order valence-electron chi connectivity index (χ4n) is 4.01. The molecule has 0 spiro atoms. The largest absolute Gasteiger partial charge is 0.452 e. The van der Waals surface area contributed by atoms with Gasteiger partial charge >= 0.3 is 0 Å². The zero-order chi connectivity index (χ0) is 24.9. The molecule has 1 heterocycles. The van der Waals surface area contributed by atoms with Crippen LogP contribution in [0.3, 0.4) is 0 Å². The van der Waals surface area contributed by atoms with Crippen LogP contribution in [0.25, 0.3) is 33.3 Å². The van der Waals surface area contributed by atoms with Gasteiger partial charge in [-0.15, -0.1) is 0 Å². The molecule has 0 amide bonds. The molecule has 8 heteroatoms. The van der Waals surface area contributed by atoms with E-state index in [1.54, 1.807) is 11.8 Å². The molecule has 1 aliphatic carbocycles. The van der Waals surface area contributed by atoms with E-state index < -0.39 is 5.09 Å². The quantitative estimate of drug-likeness (QED) is 0.0996. The summed E-state index contributed by atoms with van der Waals surface area (Å²) in [5.41, 5.74) is 3.87. The molecule has 0 radical (unpaired) electrons. The van der Waals surface area contributed by atoms with E-state index in [4.69, 9.17) is 24.7 Å². The molecule has 178 valence electrons. The zero-order valence-corrected chi connectivity index (χ0v) is 20.5. The predicted molar refractivity (Wildman–Crippen MR) is 140 cm³/mol. The van der Waals surface area contributed by atoms with Gasteiger partial charge in [0.1, 0.15) is 24.3 Å². The van der Waals surface area contributed by atoms with Crippen LogP contribution in [-0.4, -0.2) is 23.2 Å². The van der Waals surface area contributed by atoms with E-state index in [1.807, 2.05) is 0 Å². The molecule has 35 heavy (non-hydrogen) atoms. The highest BCUT2D eigenvalue weighted by atomic mass is 32.2. The molecule has 5 rings (SSSR count). The normalized spacial score (nSPS) is 10.8. The standard InChI is InChI=1S/C27H25N2OS.NO3/c1-4-29(5-2)19-12-15-23-24(16-19)30-25-17-26(31-20-13-10-18(3)11-14-20)21-8-6-7-9-22(21)27(25)28-23;2-1(3)4/h6-17H,4-5H2,1-3H3;/q+1;-1. The van der Waals surface area contributed by atoms with Crippen LogP contribution >= 0.6 is 11.8 Å². The molecule has 0 unspecified atom stereocenters. The molecule has 0 fully saturated rings. The number of rotatable bonds is 4. The second kappa shape index (κ2) is 10.6. The molecule has 7 nitrogen and oxygen atoms in total. The minimum Gasteiger partial charge on any atom is -0.452 e. The average Bonchev–Trinajstić information content (AvgIpc) is 2.85. The molecule has 0 saturated carbocycles. The first kappa shape index (κ1) is 24.2. The van der Waals surface area contributed by atoms with Gasteiger partial charge in [-0.1, -0.05) is 53.7 Å². The number of benzene rings is 4. The van der Waals surface area contributed by atoms with Crippen molar-refractivity contribution in [3.8, 4) is 11.5 Å². The van der Waals surface area contributed by atoms with Crippen molar-refractivity contribution in [1.82, 2.24) is 9.56 Å². The summed E-state index contributed by atoms with van der Waals surface area (Å²) in [4.78, 5) is 15.6. The lowest BCUT2D eigenvalue weighted by atomic mass is 10.1. The van der Waals surface area contributed by atoms with Crippen LogP contribution in [-0.2, 0) is 0 Å². The van der Waals surface area contributed by atoms with E-state index >= 15 is 0 Å². The SMILES string of the molecule is CC[N+](CC)=c1ccc2nc3c(cc(Sc4ccc(C)cc4)c4ccccc43)oc-2c1.O=[N+]([O-])[O-]. The van der Waals surface area contributed by atoms with Crippen molar-refractivity contribution in [2.45, 2.75) is 30.6 Å². The average molecular weight is 488 g/mol. The van der Waals surface area contributed by atoms with E-state index in [9.17, 15) is 0 Å². The van der Waals surface area contributed by atoms with Gasteiger partial charge < -0.3 is 19.7 Å². The lowest BCUT2D eigenvalue weighted by molar-refractivity contribution is -0.402. The van der Waals surface area contributed by atoms with E-state index in [2.05, 4.69) is 98.1 Å². The Morgan fingerprint density at radius 3 is 2.23 bits per heavy atom. The van der Waals surface area contributed by atoms with Gasteiger partial charge in [-0.25, -0.2) is 9.56 Å². The Morgan fingerprint density at radius 2 is 1.57 bits per heavy atom. The summed E-state index contributed by atoms with van der Waals surface area (Å²) in [6, 6.07) is 25.5. The number of nitrogens with zero attached hydrogens (tertiary/aromatic N) is 3. The Bertz CT molecular complexity index is 1530. The van der Waals surface area contributed by atoms with Gasteiger partial charge in [0.05, 0.1) is 11.2 Å². The number of hydrogen-bond donors (Lipinski definition) is 0. The molecule has 0 N–H and O–H groups in total. The summed E-state index contributed by atoms with van der Waals surface area (Å²) in [5, 5.41) is 18.2. The van der Waals surface area contributed by atoms with Crippen molar-refractivity contribution in [2.75, 3.05) is 13.1 Å². The highest BCUT2D eigenvalue weighted by molar-refractivity contribution is 7.99. The van der Waals surface area contributed by atoms with Gasteiger partial charge in [-0.2, -0.15) is 0 Å². The molecule has 0 saturated heterocycles. The Morgan fingerprint density at radius 1 is 0.914 bits per heavy atom. The first-order chi connectivity index (χ1) is 16.9. The van der Waals surface area contributed by atoms with E-state index in [0.29, 0.717) is 0 Å². The fraction of sp³-hybridized carbons (Fsp3) is 0.185. The first-order valence-electron chi connectivity index (χ1n) is 11.3. The first-order valence-corrected chi connectivity index (χ1v) is 12.1. The van der Waals surface area contributed by atoms with E-state index in [1.165, 1.54) is 20.7 Å². The lowest BCUT2D eigenvalue weighted by Crippen LogP contribution is -2.29. The Labute approximate surface area is 206 Å². The highest BCUT2D eigenvalue weighted by Crippen LogP contribution is 2.38. The molecular formula is C27H25N3O4S. The van der Waals surface area contributed by atoms with Crippen LogP contribution in [0.15, 0.2) is 87.0 Å². The van der Waals surface area contributed by atoms with Crippen LogP contribution in [0.5, 0.6) is 0 Å². The van der Waals surface area contributed by atoms with Crippen molar-refractivity contribution in [1.29, 1.82) is 0 Å². The van der Waals surface area contributed by atoms with Crippen molar-refractivity contribution in [2.24, 2.45) is 0 Å². The summed E-state index contributed by atoms with van der Waals surface area (Å²) < 4.78 is 8.75. The maximum atomic E-state index is 8.25. The van der Waals surface area contributed by atoms with Crippen LogP contribution in [0, 0.1) is 22.2 Å². The van der Waals surface area contributed by atoms with Crippen LogP contribution < -0.4 is 9.93 Å². The molecule has 3 aromatic carbocycles. The summed E-state index contributed by atoms with van der Waals surface area (Å²) in [6.45, 7) is 8.38. The van der Waals surface area contributed by atoms with Crippen LogP contribution in [0.2, 0.25) is 0 Å². The van der Waals surface area contributed by atoms with Gasteiger partial charge in [0.2, 0.25) is 5.36 Å². The van der Waals surface area contributed by atoms with E-state index in [0.717, 1.165) is 46.4 Å². The number of aryl methyl sites for hydroxylation is 1. The zero-order valence-electron chi connectivity index (χ0n) is 19.7. The van der Waals surface area contributed by atoms with Gasteiger partial charge in [-0.05, 0) is 50.4 Å². The van der Waals surface area contributed by atoms with Crippen LogP contribution in [0.4, 0.5) is 0 Å². The highest BCUT2D eigenvalue weighted by Gasteiger charge is 2.16. The van der Waals surface area contributed by atoms with Crippen molar-refractivity contribution >= 4 is 33.6 Å². The smallest absolute Gasteiger partial charge is 0.203 e. The van der Waals surface area contributed by atoms with Gasteiger partial charge in [-0.3, -0.25) is 0 Å². The molecule has 0 atom stereocenters. The third kappa shape index (κ3) is 5.44. The molecule has 3 aromatic rings. The minimum absolute atomic E-state index is 0.817. The summed E-state index contributed by atoms with van der Waals surface area (Å²) in [6.07, 6.45) is 0.